The minimum atomic E-state index is -0.113. The van der Waals surface area contributed by atoms with Crippen LogP contribution in [0.3, 0.4) is 0 Å². The standard InChI is InChI=1S/C20H29N3O2/c1-14(23-12-11-16-5-3-4-6-17(16)13-23)20(25)22-19-9-7-18(8-10-19)21-15(2)24/h7-10,14,16-17H,3-6,11-13H2,1-2H3,(H,21,24)(H,22,25)/t14-,16-,17-/m0/s1. The Morgan fingerprint density at radius 3 is 2.24 bits per heavy atom. The zero-order valence-electron chi connectivity index (χ0n) is 15.3. The maximum atomic E-state index is 12.6. The van der Waals surface area contributed by atoms with Crippen LogP contribution in [0, 0.1) is 11.8 Å². The van der Waals surface area contributed by atoms with Crippen molar-refractivity contribution >= 4 is 23.2 Å². The lowest BCUT2D eigenvalue weighted by Crippen LogP contribution is -2.49. The lowest BCUT2D eigenvalue weighted by atomic mass is 9.75. The predicted octanol–water partition coefficient (Wildman–Crippen LogP) is 3.48. The third-order valence-corrected chi connectivity index (χ3v) is 5.72. The minimum absolute atomic E-state index is 0.0431. The van der Waals surface area contributed by atoms with Gasteiger partial charge in [-0.2, -0.15) is 0 Å². The molecule has 1 saturated carbocycles. The molecule has 1 aromatic rings. The lowest BCUT2D eigenvalue weighted by Gasteiger charge is -2.43. The first-order valence-corrected chi connectivity index (χ1v) is 9.45. The van der Waals surface area contributed by atoms with Crippen molar-refractivity contribution in [3.05, 3.63) is 24.3 Å². The van der Waals surface area contributed by atoms with E-state index in [0.29, 0.717) is 0 Å². The fourth-order valence-corrected chi connectivity index (χ4v) is 4.23. The molecular formula is C20H29N3O2. The van der Waals surface area contributed by atoms with Crippen LogP contribution in [0.25, 0.3) is 0 Å². The molecule has 5 nitrogen and oxygen atoms in total. The van der Waals surface area contributed by atoms with Crippen LogP contribution in [-0.2, 0) is 9.59 Å². The summed E-state index contributed by atoms with van der Waals surface area (Å²) in [5, 5.41) is 5.72. The molecule has 1 aromatic carbocycles. The van der Waals surface area contributed by atoms with Crippen LogP contribution in [0.15, 0.2) is 24.3 Å². The third-order valence-electron chi connectivity index (χ3n) is 5.72. The second-order valence-corrected chi connectivity index (χ2v) is 7.51. The van der Waals surface area contributed by atoms with Crippen molar-refractivity contribution in [3.8, 4) is 0 Å². The molecule has 2 aliphatic rings. The summed E-state index contributed by atoms with van der Waals surface area (Å²) in [6.45, 7) is 5.56. The number of piperidine rings is 1. The van der Waals surface area contributed by atoms with Gasteiger partial charge in [0.2, 0.25) is 11.8 Å². The van der Waals surface area contributed by atoms with E-state index in [9.17, 15) is 9.59 Å². The van der Waals surface area contributed by atoms with Crippen LogP contribution in [0.4, 0.5) is 11.4 Å². The summed E-state index contributed by atoms with van der Waals surface area (Å²) in [4.78, 5) is 26.0. The number of likely N-dealkylation sites (tertiary alicyclic amines) is 1. The van der Waals surface area contributed by atoms with E-state index in [4.69, 9.17) is 0 Å². The Morgan fingerprint density at radius 2 is 1.60 bits per heavy atom. The van der Waals surface area contributed by atoms with Gasteiger partial charge in [0.1, 0.15) is 0 Å². The van der Waals surface area contributed by atoms with Gasteiger partial charge in [-0.25, -0.2) is 0 Å². The van der Waals surface area contributed by atoms with E-state index in [1.54, 1.807) is 12.1 Å². The molecule has 0 spiro atoms. The van der Waals surface area contributed by atoms with Crippen LogP contribution in [-0.4, -0.2) is 35.8 Å². The Morgan fingerprint density at radius 1 is 1.00 bits per heavy atom. The Hall–Kier alpha value is -1.88. The monoisotopic (exact) mass is 343 g/mol. The van der Waals surface area contributed by atoms with Crippen LogP contribution in [0.5, 0.6) is 0 Å². The van der Waals surface area contributed by atoms with Gasteiger partial charge in [-0.1, -0.05) is 19.3 Å². The SMILES string of the molecule is CC(=O)Nc1ccc(NC(=O)[C@H](C)N2CC[C@@H]3CCCC[C@H]3C2)cc1. The molecular weight excluding hydrogens is 314 g/mol. The van der Waals surface area contributed by atoms with E-state index in [1.807, 2.05) is 19.1 Å². The molecule has 5 heteroatoms. The highest BCUT2D eigenvalue weighted by molar-refractivity contribution is 5.95. The number of hydrogen-bond donors (Lipinski definition) is 2. The van der Waals surface area contributed by atoms with Gasteiger partial charge in [0.25, 0.3) is 0 Å². The van der Waals surface area contributed by atoms with Gasteiger partial charge in [0.05, 0.1) is 6.04 Å². The van der Waals surface area contributed by atoms with Gasteiger partial charge in [-0.15, -0.1) is 0 Å². The molecule has 0 aromatic heterocycles. The Bertz CT molecular complexity index is 614. The molecule has 1 saturated heterocycles. The first kappa shape index (κ1) is 17.9. The van der Waals surface area contributed by atoms with Gasteiger partial charge < -0.3 is 10.6 Å². The zero-order valence-corrected chi connectivity index (χ0v) is 15.3. The summed E-state index contributed by atoms with van der Waals surface area (Å²) in [7, 11) is 0. The summed E-state index contributed by atoms with van der Waals surface area (Å²) in [5.41, 5.74) is 1.50. The topological polar surface area (TPSA) is 61.4 Å². The van der Waals surface area contributed by atoms with E-state index in [2.05, 4.69) is 15.5 Å². The number of benzene rings is 1. The number of amides is 2. The zero-order chi connectivity index (χ0) is 17.8. The number of carbonyl (C=O) groups is 2. The smallest absolute Gasteiger partial charge is 0.241 e. The highest BCUT2D eigenvalue weighted by Crippen LogP contribution is 2.36. The average Bonchev–Trinajstić information content (AvgIpc) is 2.62. The van der Waals surface area contributed by atoms with Crippen molar-refractivity contribution in [1.29, 1.82) is 0 Å². The summed E-state index contributed by atoms with van der Waals surface area (Å²) in [6, 6.07) is 7.13. The summed E-state index contributed by atoms with van der Waals surface area (Å²) < 4.78 is 0. The predicted molar refractivity (Wildman–Crippen MR) is 100 cm³/mol. The maximum absolute atomic E-state index is 12.6. The highest BCUT2D eigenvalue weighted by Gasteiger charge is 2.34. The van der Waals surface area contributed by atoms with Crippen LogP contribution in [0.1, 0.15) is 46.0 Å². The number of anilines is 2. The molecule has 3 rings (SSSR count). The molecule has 1 heterocycles. The van der Waals surface area contributed by atoms with Crippen molar-refractivity contribution in [2.45, 2.75) is 52.0 Å². The fraction of sp³-hybridized carbons (Fsp3) is 0.600. The van der Waals surface area contributed by atoms with Crippen LogP contribution >= 0.6 is 0 Å². The number of carbonyl (C=O) groups excluding carboxylic acids is 2. The van der Waals surface area contributed by atoms with Gasteiger partial charge >= 0.3 is 0 Å². The van der Waals surface area contributed by atoms with Crippen molar-refractivity contribution in [1.82, 2.24) is 4.90 Å². The van der Waals surface area contributed by atoms with E-state index < -0.39 is 0 Å². The summed E-state index contributed by atoms with van der Waals surface area (Å²) >= 11 is 0. The Balaban J connectivity index is 1.54. The number of nitrogens with zero attached hydrogens (tertiary/aromatic N) is 1. The molecule has 2 N–H and O–H groups in total. The molecule has 0 bridgehead atoms. The molecule has 2 amide bonds. The minimum Gasteiger partial charge on any atom is -0.326 e. The van der Waals surface area contributed by atoms with E-state index in [0.717, 1.165) is 36.3 Å². The van der Waals surface area contributed by atoms with Crippen molar-refractivity contribution in [2.24, 2.45) is 11.8 Å². The molecule has 3 atom stereocenters. The van der Waals surface area contributed by atoms with E-state index >= 15 is 0 Å². The van der Waals surface area contributed by atoms with Crippen LogP contribution < -0.4 is 10.6 Å². The van der Waals surface area contributed by atoms with Crippen LogP contribution in [0.2, 0.25) is 0 Å². The quantitative estimate of drug-likeness (QED) is 0.880. The highest BCUT2D eigenvalue weighted by atomic mass is 16.2. The average molecular weight is 343 g/mol. The molecule has 1 aliphatic carbocycles. The summed E-state index contributed by atoms with van der Waals surface area (Å²) in [6.07, 6.45) is 6.65. The molecule has 136 valence electrons. The Kier molecular flexibility index (Phi) is 5.74. The second kappa shape index (κ2) is 8.00. The number of rotatable bonds is 4. The molecule has 0 unspecified atom stereocenters. The van der Waals surface area contributed by atoms with E-state index in [-0.39, 0.29) is 17.9 Å². The van der Waals surface area contributed by atoms with Crippen molar-refractivity contribution in [2.75, 3.05) is 23.7 Å². The molecule has 1 aliphatic heterocycles. The normalized spacial score (nSPS) is 24.9. The lowest BCUT2D eigenvalue weighted by molar-refractivity contribution is -0.122. The third kappa shape index (κ3) is 4.60. The van der Waals surface area contributed by atoms with Gasteiger partial charge in [-0.05, 0) is 62.4 Å². The Labute approximate surface area is 150 Å². The molecule has 25 heavy (non-hydrogen) atoms. The van der Waals surface area contributed by atoms with Gasteiger partial charge in [0, 0.05) is 24.8 Å². The number of nitrogens with one attached hydrogen (secondary N) is 2. The van der Waals surface area contributed by atoms with Crippen molar-refractivity contribution < 1.29 is 9.59 Å². The number of hydrogen-bond acceptors (Lipinski definition) is 3. The second-order valence-electron chi connectivity index (χ2n) is 7.51. The number of fused-ring (bicyclic) bond motifs is 1. The molecule has 0 radical (unpaired) electrons. The summed E-state index contributed by atoms with van der Waals surface area (Å²) in [5.74, 6) is 1.59. The molecule has 2 fully saturated rings. The largest absolute Gasteiger partial charge is 0.326 e. The fourth-order valence-electron chi connectivity index (χ4n) is 4.23. The van der Waals surface area contributed by atoms with Gasteiger partial charge in [-0.3, -0.25) is 14.5 Å². The van der Waals surface area contributed by atoms with Crippen molar-refractivity contribution in [3.63, 3.8) is 0 Å². The van der Waals surface area contributed by atoms with Gasteiger partial charge in [0.15, 0.2) is 0 Å². The first-order valence-electron chi connectivity index (χ1n) is 9.45. The van der Waals surface area contributed by atoms with E-state index in [1.165, 1.54) is 39.0 Å². The maximum Gasteiger partial charge on any atom is 0.241 e. The first-order chi connectivity index (χ1) is 12.0.